The largest absolute Gasteiger partial charge is 0.492 e. The Kier molecular flexibility index (Phi) is 3.86. The number of amides is 1. The molecule has 122 valence electrons. The highest BCUT2D eigenvalue weighted by Gasteiger charge is 2.25. The predicted molar refractivity (Wildman–Crippen MR) is 88.8 cm³/mol. The second kappa shape index (κ2) is 6.31. The molecule has 0 bridgehead atoms. The standard InChI is InChI=1S/C18H18N4O2/c23-18(14-11-13-5-1-2-6-15(13)24-12-14)19-9-8-17-21-20-16-7-3-4-10-22(16)17/h1-7,10,14H,8-9,11-12H2,(H,19,23). The van der Waals surface area contributed by atoms with Gasteiger partial charge in [0, 0.05) is 19.2 Å². The second-order valence-electron chi connectivity index (χ2n) is 5.91. The fourth-order valence-corrected chi connectivity index (χ4v) is 3.00. The van der Waals surface area contributed by atoms with Crippen molar-refractivity contribution in [1.82, 2.24) is 19.9 Å². The van der Waals surface area contributed by atoms with Crippen molar-refractivity contribution < 1.29 is 9.53 Å². The Balaban J connectivity index is 1.34. The number of hydrogen-bond donors (Lipinski definition) is 1. The smallest absolute Gasteiger partial charge is 0.226 e. The molecule has 1 atom stereocenters. The van der Waals surface area contributed by atoms with Crippen LogP contribution in [0.4, 0.5) is 0 Å². The van der Waals surface area contributed by atoms with Gasteiger partial charge >= 0.3 is 0 Å². The van der Waals surface area contributed by atoms with Gasteiger partial charge in [-0.05, 0) is 30.2 Å². The van der Waals surface area contributed by atoms with Crippen LogP contribution < -0.4 is 10.1 Å². The SMILES string of the molecule is O=C(NCCc1nnc2ccccn12)C1COc2ccccc2C1. The summed E-state index contributed by atoms with van der Waals surface area (Å²) in [5, 5.41) is 11.3. The number of aromatic nitrogens is 3. The van der Waals surface area contributed by atoms with E-state index in [-0.39, 0.29) is 11.8 Å². The molecule has 0 fully saturated rings. The lowest BCUT2D eigenvalue weighted by Crippen LogP contribution is -2.38. The van der Waals surface area contributed by atoms with Crippen molar-refractivity contribution in [3.8, 4) is 5.75 Å². The Morgan fingerprint density at radius 3 is 3.04 bits per heavy atom. The van der Waals surface area contributed by atoms with E-state index in [1.54, 1.807) is 0 Å². The van der Waals surface area contributed by atoms with Gasteiger partial charge in [-0.1, -0.05) is 24.3 Å². The highest BCUT2D eigenvalue weighted by molar-refractivity contribution is 5.79. The zero-order chi connectivity index (χ0) is 16.4. The quantitative estimate of drug-likeness (QED) is 0.793. The van der Waals surface area contributed by atoms with Gasteiger partial charge in [0.2, 0.25) is 5.91 Å². The molecule has 1 aliphatic heterocycles. The molecule has 1 unspecified atom stereocenters. The summed E-state index contributed by atoms with van der Waals surface area (Å²) in [6, 6.07) is 13.6. The minimum atomic E-state index is -0.143. The first kappa shape index (κ1) is 14.7. The molecule has 0 spiro atoms. The van der Waals surface area contributed by atoms with E-state index in [4.69, 9.17) is 4.74 Å². The summed E-state index contributed by atoms with van der Waals surface area (Å²) in [4.78, 5) is 12.4. The van der Waals surface area contributed by atoms with Gasteiger partial charge in [-0.25, -0.2) is 0 Å². The summed E-state index contributed by atoms with van der Waals surface area (Å²) in [5.41, 5.74) is 1.91. The van der Waals surface area contributed by atoms with Crippen LogP contribution in [0.2, 0.25) is 0 Å². The number of fused-ring (bicyclic) bond motifs is 2. The predicted octanol–water partition coefficient (Wildman–Crippen LogP) is 1.64. The average molecular weight is 322 g/mol. The minimum Gasteiger partial charge on any atom is -0.492 e. The van der Waals surface area contributed by atoms with E-state index in [1.165, 1.54) is 0 Å². The van der Waals surface area contributed by atoms with E-state index >= 15 is 0 Å². The molecule has 6 heteroatoms. The number of benzene rings is 1. The zero-order valence-electron chi connectivity index (χ0n) is 13.2. The molecule has 0 aliphatic carbocycles. The lowest BCUT2D eigenvalue weighted by molar-refractivity contribution is -0.126. The maximum atomic E-state index is 12.4. The van der Waals surface area contributed by atoms with Crippen molar-refractivity contribution >= 4 is 11.6 Å². The number of hydrogen-bond acceptors (Lipinski definition) is 4. The van der Waals surface area contributed by atoms with Crippen molar-refractivity contribution in [3.05, 3.63) is 60.0 Å². The highest BCUT2D eigenvalue weighted by atomic mass is 16.5. The number of nitrogens with zero attached hydrogens (tertiary/aromatic N) is 3. The first-order valence-electron chi connectivity index (χ1n) is 8.08. The molecule has 0 radical (unpaired) electrons. The minimum absolute atomic E-state index is 0.0262. The topological polar surface area (TPSA) is 68.5 Å². The van der Waals surface area contributed by atoms with Gasteiger partial charge in [-0.2, -0.15) is 0 Å². The summed E-state index contributed by atoms with van der Waals surface area (Å²) in [7, 11) is 0. The fourth-order valence-electron chi connectivity index (χ4n) is 3.00. The molecule has 0 saturated heterocycles. The van der Waals surface area contributed by atoms with Gasteiger partial charge in [0.1, 0.15) is 18.2 Å². The molecule has 1 N–H and O–H groups in total. The summed E-state index contributed by atoms with van der Waals surface area (Å²) in [6.07, 6.45) is 3.29. The lowest BCUT2D eigenvalue weighted by atomic mass is 9.96. The van der Waals surface area contributed by atoms with Crippen molar-refractivity contribution in [2.75, 3.05) is 13.2 Å². The van der Waals surface area contributed by atoms with Crippen LogP contribution in [0, 0.1) is 5.92 Å². The van der Waals surface area contributed by atoms with Gasteiger partial charge in [0.25, 0.3) is 0 Å². The van der Waals surface area contributed by atoms with Crippen LogP contribution in [0.5, 0.6) is 5.75 Å². The van der Waals surface area contributed by atoms with Crippen molar-refractivity contribution in [2.45, 2.75) is 12.8 Å². The molecule has 3 heterocycles. The fraction of sp³-hybridized carbons (Fsp3) is 0.278. The number of ether oxygens (including phenoxy) is 1. The van der Waals surface area contributed by atoms with Crippen LogP contribution in [0.15, 0.2) is 48.7 Å². The number of nitrogens with one attached hydrogen (secondary N) is 1. The van der Waals surface area contributed by atoms with Crippen LogP contribution in [0.25, 0.3) is 5.65 Å². The monoisotopic (exact) mass is 322 g/mol. The number of carbonyl (C=O) groups excluding carboxylic acids is 1. The molecule has 4 rings (SSSR count). The van der Waals surface area contributed by atoms with Crippen LogP contribution in [-0.4, -0.2) is 33.7 Å². The van der Waals surface area contributed by atoms with Crippen LogP contribution in [-0.2, 0) is 17.6 Å². The third-order valence-electron chi connectivity index (χ3n) is 4.28. The zero-order valence-corrected chi connectivity index (χ0v) is 13.2. The van der Waals surface area contributed by atoms with Gasteiger partial charge in [0.05, 0.1) is 5.92 Å². The van der Waals surface area contributed by atoms with E-state index in [0.717, 1.165) is 29.2 Å². The van der Waals surface area contributed by atoms with E-state index in [0.29, 0.717) is 19.6 Å². The first-order valence-corrected chi connectivity index (χ1v) is 8.08. The Morgan fingerprint density at radius 1 is 1.21 bits per heavy atom. The summed E-state index contributed by atoms with van der Waals surface area (Å²) in [5.74, 6) is 1.61. The third-order valence-corrected chi connectivity index (χ3v) is 4.28. The number of para-hydroxylation sites is 1. The highest BCUT2D eigenvalue weighted by Crippen LogP contribution is 2.26. The van der Waals surface area contributed by atoms with Gasteiger partial charge in [0.15, 0.2) is 5.65 Å². The first-order chi connectivity index (χ1) is 11.8. The van der Waals surface area contributed by atoms with Crippen LogP contribution in [0.3, 0.4) is 0 Å². The molecule has 6 nitrogen and oxygen atoms in total. The summed E-state index contributed by atoms with van der Waals surface area (Å²) < 4.78 is 7.62. The number of rotatable bonds is 4. The maximum absolute atomic E-state index is 12.4. The van der Waals surface area contributed by atoms with Crippen LogP contribution >= 0.6 is 0 Å². The normalized spacial score (nSPS) is 16.4. The van der Waals surface area contributed by atoms with E-state index in [1.807, 2.05) is 53.1 Å². The Morgan fingerprint density at radius 2 is 2.08 bits per heavy atom. The Hall–Kier alpha value is -2.89. The number of pyridine rings is 1. The molecule has 3 aromatic rings. The van der Waals surface area contributed by atoms with E-state index < -0.39 is 0 Å². The summed E-state index contributed by atoms with van der Waals surface area (Å²) in [6.45, 7) is 0.962. The molecular weight excluding hydrogens is 304 g/mol. The second-order valence-corrected chi connectivity index (χ2v) is 5.91. The van der Waals surface area contributed by atoms with Gasteiger partial charge in [-0.15, -0.1) is 10.2 Å². The molecule has 1 aliphatic rings. The van der Waals surface area contributed by atoms with Crippen LogP contribution in [0.1, 0.15) is 11.4 Å². The Bertz CT molecular complexity index is 874. The van der Waals surface area contributed by atoms with E-state index in [9.17, 15) is 4.79 Å². The molecule has 1 aromatic carbocycles. The molecular formula is C18H18N4O2. The van der Waals surface area contributed by atoms with Crippen molar-refractivity contribution in [2.24, 2.45) is 5.92 Å². The summed E-state index contributed by atoms with van der Waals surface area (Å²) >= 11 is 0. The van der Waals surface area contributed by atoms with Crippen molar-refractivity contribution in [1.29, 1.82) is 0 Å². The Labute approximate surface area is 139 Å². The average Bonchev–Trinajstić information content (AvgIpc) is 3.04. The third kappa shape index (κ3) is 2.82. The molecule has 1 amide bonds. The van der Waals surface area contributed by atoms with Crippen molar-refractivity contribution in [3.63, 3.8) is 0 Å². The van der Waals surface area contributed by atoms with Gasteiger partial charge < -0.3 is 10.1 Å². The molecule has 0 saturated carbocycles. The maximum Gasteiger partial charge on any atom is 0.226 e. The molecule has 24 heavy (non-hydrogen) atoms. The number of carbonyl (C=O) groups is 1. The molecule has 2 aromatic heterocycles. The van der Waals surface area contributed by atoms with E-state index in [2.05, 4.69) is 15.5 Å². The van der Waals surface area contributed by atoms with Gasteiger partial charge in [-0.3, -0.25) is 9.20 Å². The lowest BCUT2D eigenvalue weighted by Gasteiger charge is -2.24.